The van der Waals surface area contributed by atoms with Gasteiger partial charge in [-0.25, -0.2) is 9.97 Å². The Morgan fingerprint density at radius 3 is 1.89 bits per heavy atom. The molecule has 0 radical (unpaired) electrons. The summed E-state index contributed by atoms with van der Waals surface area (Å²) in [4.78, 5) is 27.6. The minimum atomic E-state index is -0.0807. The molecule has 1 fully saturated rings. The molecule has 4 aromatic rings. The third-order valence-corrected chi connectivity index (χ3v) is 7.09. The van der Waals surface area contributed by atoms with Crippen LogP contribution in [0.2, 0.25) is 0 Å². The molecule has 2 heterocycles. The molecule has 1 aliphatic heterocycles. The van der Waals surface area contributed by atoms with Crippen molar-refractivity contribution in [2.24, 2.45) is 0 Å². The maximum atomic E-state index is 13.4. The van der Waals surface area contributed by atoms with Crippen LogP contribution in [0, 0.1) is 13.8 Å². The summed E-state index contributed by atoms with van der Waals surface area (Å²) in [6, 6.07) is 17.7. The summed E-state index contributed by atoms with van der Waals surface area (Å²) in [5.41, 5.74) is 6.50. The van der Waals surface area contributed by atoms with Crippen molar-refractivity contribution in [3.8, 4) is 28.5 Å². The highest BCUT2D eigenvalue weighted by Gasteiger charge is 2.27. The molecular weight excluding hydrogens is 480 g/mol. The Bertz CT molecular complexity index is 1460. The quantitative estimate of drug-likeness (QED) is 0.364. The molecule has 3 aromatic carbocycles. The van der Waals surface area contributed by atoms with Crippen LogP contribution in [0.25, 0.3) is 22.3 Å². The SMILES string of the molecule is COc1cc(C(=O)N2CCN(c3nc4cc(C)c(C)cc4nc3-c3ccccc3)CC2)cc(OC)c1OC. The van der Waals surface area contributed by atoms with E-state index >= 15 is 0 Å². The summed E-state index contributed by atoms with van der Waals surface area (Å²) in [6.45, 7) is 6.57. The maximum absolute atomic E-state index is 13.4. The van der Waals surface area contributed by atoms with E-state index in [0.29, 0.717) is 49.0 Å². The second kappa shape index (κ2) is 10.6. The van der Waals surface area contributed by atoms with Crippen molar-refractivity contribution in [2.45, 2.75) is 13.8 Å². The Labute approximate surface area is 222 Å². The van der Waals surface area contributed by atoms with E-state index in [0.717, 1.165) is 28.1 Å². The highest BCUT2D eigenvalue weighted by Crippen LogP contribution is 2.38. The fourth-order valence-electron chi connectivity index (χ4n) is 4.82. The number of nitrogens with zero attached hydrogens (tertiary/aromatic N) is 4. The second-order valence-electron chi connectivity index (χ2n) is 9.38. The number of rotatable bonds is 6. The lowest BCUT2D eigenvalue weighted by molar-refractivity contribution is 0.0745. The molecule has 0 saturated carbocycles. The molecule has 196 valence electrons. The second-order valence-corrected chi connectivity index (χ2v) is 9.38. The van der Waals surface area contributed by atoms with Crippen molar-refractivity contribution < 1.29 is 19.0 Å². The topological polar surface area (TPSA) is 77.0 Å². The monoisotopic (exact) mass is 512 g/mol. The van der Waals surface area contributed by atoms with Gasteiger partial charge in [-0.15, -0.1) is 0 Å². The molecule has 5 rings (SSSR count). The standard InChI is InChI=1S/C30H32N4O4/c1-19-15-23-24(16-20(19)2)32-29(27(31-23)21-9-7-6-8-10-21)33-11-13-34(14-12-33)30(35)22-17-25(36-3)28(38-5)26(18-22)37-4/h6-10,15-18H,11-14H2,1-5H3. The first-order valence-corrected chi connectivity index (χ1v) is 12.6. The lowest BCUT2D eigenvalue weighted by atomic mass is 10.1. The minimum Gasteiger partial charge on any atom is -0.493 e. The van der Waals surface area contributed by atoms with Crippen LogP contribution < -0.4 is 19.1 Å². The molecule has 1 aliphatic rings. The Morgan fingerprint density at radius 1 is 0.763 bits per heavy atom. The Kier molecular flexibility index (Phi) is 7.05. The highest BCUT2D eigenvalue weighted by atomic mass is 16.5. The predicted octanol–water partition coefficient (Wildman–Crippen LogP) is 4.90. The number of amides is 1. The zero-order valence-electron chi connectivity index (χ0n) is 22.4. The van der Waals surface area contributed by atoms with Gasteiger partial charge in [0.25, 0.3) is 5.91 Å². The van der Waals surface area contributed by atoms with E-state index in [9.17, 15) is 4.79 Å². The molecular formula is C30H32N4O4. The summed E-state index contributed by atoms with van der Waals surface area (Å²) in [5, 5.41) is 0. The van der Waals surface area contributed by atoms with Gasteiger partial charge >= 0.3 is 0 Å². The van der Waals surface area contributed by atoms with Gasteiger partial charge in [-0.05, 0) is 49.2 Å². The van der Waals surface area contributed by atoms with Gasteiger partial charge in [-0.2, -0.15) is 0 Å². The number of piperazine rings is 1. The van der Waals surface area contributed by atoms with Crippen molar-refractivity contribution in [3.63, 3.8) is 0 Å². The molecule has 1 aromatic heterocycles. The molecule has 8 nitrogen and oxygen atoms in total. The molecule has 0 unspecified atom stereocenters. The first-order chi connectivity index (χ1) is 18.4. The lowest BCUT2D eigenvalue weighted by Crippen LogP contribution is -2.49. The molecule has 0 atom stereocenters. The molecule has 0 spiro atoms. The summed E-state index contributed by atoms with van der Waals surface area (Å²) < 4.78 is 16.3. The third kappa shape index (κ3) is 4.69. The largest absolute Gasteiger partial charge is 0.493 e. The zero-order chi connectivity index (χ0) is 26.8. The Balaban J connectivity index is 1.43. The van der Waals surface area contributed by atoms with Crippen LogP contribution in [0.15, 0.2) is 54.6 Å². The Morgan fingerprint density at radius 2 is 1.34 bits per heavy atom. The van der Waals surface area contributed by atoms with Crippen molar-refractivity contribution in [1.82, 2.24) is 14.9 Å². The highest BCUT2D eigenvalue weighted by molar-refractivity contribution is 5.96. The number of carbonyl (C=O) groups excluding carboxylic acids is 1. The van der Waals surface area contributed by atoms with E-state index in [4.69, 9.17) is 24.2 Å². The van der Waals surface area contributed by atoms with Gasteiger partial charge in [0.1, 0.15) is 5.69 Å². The maximum Gasteiger partial charge on any atom is 0.254 e. The average molecular weight is 513 g/mol. The Hall–Kier alpha value is -4.33. The molecule has 1 amide bonds. The molecule has 0 aliphatic carbocycles. The number of carbonyl (C=O) groups is 1. The van der Waals surface area contributed by atoms with E-state index in [-0.39, 0.29) is 5.91 Å². The van der Waals surface area contributed by atoms with E-state index < -0.39 is 0 Å². The van der Waals surface area contributed by atoms with E-state index in [2.05, 4.69) is 43.0 Å². The van der Waals surface area contributed by atoms with Crippen molar-refractivity contribution in [2.75, 3.05) is 52.4 Å². The summed E-state index contributed by atoms with van der Waals surface area (Å²) in [5.74, 6) is 2.14. The van der Waals surface area contributed by atoms with Gasteiger partial charge in [-0.1, -0.05) is 30.3 Å². The predicted molar refractivity (Wildman–Crippen MR) is 149 cm³/mol. The number of anilines is 1. The van der Waals surface area contributed by atoms with E-state index in [1.54, 1.807) is 33.5 Å². The van der Waals surface area contributed by atoms with Crippen molar-refractivity contribution in [3.05, 3.63) is 71.3 Å². The number of aromatic nitrogens is 2. The summed E-state index contributed by atoms with van der Waals surface area (Å²) >= 11 is 0. The van der Waals surface area contributed by atoms with Crippen LogP contribution in [0.5, 0.6) is 17.2 Å². The van der Waals surface area contributed by atoms with Gasteiger partial charge in [0.2, 0.25) is 5.75 Å². The molecule has 0 N–H and O–H groups in total. The van der Waals surface area contributed by atoms with Crippen LogP contribution in [0.1, 0.15) is 21.5 Å². The van der Waals surface area contributed by atoms with Crippen LogP contribution >= 0.6 is 0 Å². The fraction of sp³-hybridized carbons (Fsp3) is 0.300. The van der Waals surface area contributed by atoms with Gasteiger partial charge in [-0.3, -0.25) is 4.79 Å². The third-order valence-electron chi connectivity index (χ3n) is 7.09. The number of benzene rings is 3. The number of ether oxygens (including phenoxy) is 3. The number of hydrogen-bond acceptors (Lipinski definition) is 7. The first kappa shape index (κ1) is 25.3. The van der Waals surface area contributed by atoms with E-state index in [1.165, 1.54) is 11.1 Å². The van der Waals surface area contributed by atoms with Gasteiger partial charge in [0.05, 0.1) is 32.4 Å². The number of hydrogen-bond donors (Lipinski definition) is 0. The van der Waals surface area contributed by atoms with Crippen LogP contribution in [-0.4, -0.2) is 68.3 Å². The van der Waals surface area contributed by atoms with Crippen LogP contribution in [0.3, 0.4) is 0 Å². The molecule has 38 heavy (non-hydrogen) atoms. The number of fused-ring (bicyclic) bond motifs is 1. The normalized spacial score (nSPS) is 13.5. The van der Waals surface area contributed by atoms with Gasteiger partial charge in [0.15, 0.2) is 17.3 Å². The minimum absolute atomic E-state index is 0.0807. The van der Waals surface area contributed by atoms with Crippen LogP contribution in [0.4, 0.5) is 5.82 Å². The average Bonchev–Trinajstić information content (AvgIpc) is 2.96. The summed E-state index contributed by atoms with van der Waals surface area (Å²) in [7, 11) is 4.63. The van der Waals surface area contributed by atoms with Crippen molar-refractivity contribution in [1.29, 1.82) is 0 Å². The number of aryl methyl sites for hydroxylation is 2. The smallest absolute Gasteiger partial charge is 0.254 e. The lowest BCUT2D eigenvalue weighted by Gasteiger charge is -2.36. The number of methoxy groups -OCH3 is 3. The van der Waals surface area contributed by atoms with E-state index in [1.807, 2.05) is 23.1 Å². The molecule has 0 bridgehead atoms. The molecule has 8 heteroatoms. The first-order valence-electron chi connectivity index (χ1n) is 12.6. The van der Waals surface area contributed by atoms with Crippen LogP contribution in [-0.2, 0) is 0 Å². The summed E-state index contributed by atoms with van der Waals surface area (Å²) in [6.07, 6.45) is 0. The van der Waals surface area contributed by atoms with Gasteiger partial charge in [0, 0.05) is 37.3 Å². The fourth-order valence-corrected chi connectivity index (χ4v) is 4.82. The van der Waals surface area contributed by atoms with Gasteiger partial charge < -0.3 is 24.0 Å². The van der Waals surface area contributed by atoms with Crippen molar-refractivity contribution >= 4 is 22.8 Å². The molecule has 1 saturated heterocycles. The zero-order valence-corrected chi connectivity index (χ0v) is 22.4.